The predicted molar refractivity (Wildman–Crippen MR) is 64.5 cm³/mol. The van der Waals surface area contributed by atoms with Crippen LogP contribution in [0.5, 0.6) is 0 Å². The van der Waals surface area contributed by atoms with Gasteiger partial charge in [-0.25, -0.2) is 0 Å². The Morgan fingerprint density at radius 3 is 3.07 bits per heavy atom. The molecule has 0 amide bonds. The highest BCUT2D eigenvalue weighted by atomic mass is 35.5. The first kappa shape index (κ1) is 11.4. The van der Waals surface area contributed by atoms with E-state index in [-0.39, 0.29) is 6.04 Å². The Morgan fingerprint density at radius 2 is 2.47 bits per heavy atom. The van der Waals surface area contributed by atoms with Crippen LogP contribution < -0.4 is 5.73 Å². The van der Waals surface area contributed by atoms with Crippen molar-refractivity contribution in [1.82, 2.24) is 0 Å². The lowest BCUT2D eigenvalue weighted by Gasteiger charge is -2.24. The molecule has 2 atom stereocenters. The van der Waals surface area contributed by atoms with E-state index in [0.717, 1.165) is 29.3 Å². The van der Waals surface area contributed by atoms with Gasteiger partial charge in [-0.2, -0.15) is 0 Å². The molecule has 2 heterocycles. The van der Waals surface area contributed by atoms with Gasteiger partial charge < -0.3 is 10.5 Å². The molecule has 1 aromatic heterocycles. The van der Waals surface area contributed by atoms with Crippen molar-refractivity contribution in [3.63, 3.8) is 0 Å². The number of hydrogen-bond donors (Lipinski definition) is 1. The maximum atomic E-state index is 6.12. The van der Waals surface area contributed by atoms with Crippen LogP contribution >= 0.6 is 22.9 Å². The number of halogens is 1. The van der Waals surface area contributed by atoms with Gasteiger partial charge in [-0.1, -0.05) is 11.6 Å². The average Bonchev–Trinajstić information content (AvgIpc) is 2.66. The minimum Gasteiger partial charge on any atom is -0.378 e. The fourth-order valence-corrected chi connectivity index (χ4v) is 3.17. The predicted octanol–water partition coefficient (Wildman–Crippen LogP) is 3.36. The standard InChI is InChI=1S/C11H16ClNOS/c12-9-4-6-15-11(9)10(13)7-8-3-1-2-5-14-8/h4,6,8,10H,1-3,5,7,13H2. The molecule has 1 aliphatic rings. The molecule has 2 unspecified atom stereocenters. The molecule has 0 radical (unpaired) electrons. The summed E-state index contributed by atoms with van der Waals surface area (Å²) in [6.45, 7) is 0.884. The highest BCUT2D eigenvalue weighted by Gasteiger charge is 2.20. The fourth-order valence-electron chi connectivity index (χ4n) is 1.95. The van der Waals surface area contributed by atoms with Crippen LogP contribution in [0, 0.1) is 0 Å². The van der Waals surface area contributed by atoms with Gasteiger partial charge in [0, 0.05) is 17.5 Å². The van der Waals surface area contributed by atoms with Gasteiger partial charge in [0.2, 0.25) is 0 Å². The fraction of sp³-hybridized carbons (Fsp3) is 0.636. The molecule has 2 nitrogen and oxygen atoms in total. The molecule has 0 aliphatic carbocycles. The van der Waals surface area contributed by atoms with E-state index in [0.29, 0.717) is 6.10 Å². The molecule has 2 N–H and O–H groups in total. The van der Waals surface area contributed by atoms with Crippen LogP contribution in [0.1, 0.15) is 36.6 Å². The Kier molecular flexibility index (Phi) is 4.03. The summed E-state index contributed by atoms with van der Waals surface area (Å²) in [6.07, 6.45) is 4.80. The Balaban J connectivity index is 1.91. The summed E-state index contributed by atoms with van der Waals surface area (Å²) in [4.78, 5) is 1.09. The molecular weight excluding hydrogens is 230 g/mol. The third-order valence-corrected chi connectivity index (χ3v) is 4.26. The Hall–Kier alpha value is -0.0900. The molecule has 0 spiro atoms. The van der Waals surface area contributed by atoms with E-state index in [1.54, 1.807) is 11.3 Å². The smallest absolute Gasteiger partial charge is 0.0593 e. The topological polar surface area (TPSA) is 35.2 Å². The molecular formula is C11H16ClNOS. The van der Waals surface area contributed by atoms with Crippen molar-refractivity contribution in [2.24, 2.45) is 5.73 Å². The molecule has 1 aliphatic heterocycles. The highest BCUT2D eigenvalue weighted by molar-refractivity contribution is 7.10. The van der Waals surface area contributed by atoms with Crippen molar-refractivity contribution < 1.29 is 4.74 Å². The molecule has 0 aromatic carbocycles. The monoisotopic (exact) mass is 245 g/mol. The second-order valence-corrected chi connectivity index (χ2v) is 5.32. The maximum Gasteiger partial charge on any atom is 0.0593 e. The molecule has 1 fully saturated rings. The molecule has 4 heteroatoms. The van der Waals surface area contributed by atoms with E-state index in [2.05, 4.69) is 0 Å². The lowest BCUT2D eigenvalue weighted by Crippen LogP contribution is -2.24. The summed E-state index contributed by atoms with van der Waals surface area (Å²) in [6, 6.07) is 1.93. The minimum atomic E-state index is 0.0283. The van der Waals surface area contributed by atoms with Crippen LogP contribution in [0.15, 0.2) is 11.4 Å². The van der Waals surface area contributed by atoms with Crippen molar-refractivity contribution in [1.29, 1.82) is 0 Å². The summed E-state index contributed by atoms with van der Waals surface area (Å²) < 4.78 is 5.67. The number of rotatable bonds is 3. The number of nitrogens with two attached hydrogens (primary N) is 1. The molecule has 2 rings (SSSR count). The number of thiophene rings is 1. The number of hydrogen-bond acceptors (Lipinski definition) is 3. The van der Waals surface area contributed by atoms with Gasteiger partial charge in [0.25, 0.3) is 0 Å². The summed E-state index contributed by atoms with van der Waals surface area (Å²) in [5.41, 5.74) is 6.12. The zero-order chi connectivity index (χ0) is 10.7. The first-order valence-corrected chi connectivity index (χ1v) is 6.63. The maximum absolute atomic E-state index is 6.12. The van der Waals surface area contributed by atoms with E-state index in [1.165, 1.54) is 12.8 Å². The molecule has 1 saturated heterocycles. The van der Waals surface area contributed by atoms with Crippen LogP contribution in [0.3, 0.4) is 0 Å². The van der Waals surface area contributed by atoms with Crippen LogP contribution in [0.4, 0.5) is 0 Å². The number of ether oxygens (including phenoxy) is 1. The molecule has 0 saturated carbocycles. The second-order valence-electron chi connectivity index (χ2n) is 3.96. The zero-order valence-electron chi connectivity index (χ0n) is 8.62. The second kappa shape index (κ2) is 5.30. The normalized spacial score (nSPS) is 24.0. The van der Waals surface area contributed by atoms with Gasteiger partial charge in [0.1, 0.15) is 0 Å². The largest absolute Gasteiger partial charge is 0.378 e. The van der Waals surface area contributed by atoms with E-state index >= 15 is 0 Å². The Morgan fingerprint density at radius 1 is 1.60 bits per heavy atom. The van der Waals surface area contributed by atoms with Gasteiger partial charge in [0.05, 0.1) is 11.1 Å². The van der Waals surface area contributed by atoms with Crippen molar-refractivity contribution in [2.45, 2.75) is 37.8 Å². The summed E-state index contributed by atoms with van der Waals surface area (Å²) in [5, 5.41) is 2.78. The van der Waals surface area contributed by atoms with E-state index in [1.807, 2.05) is 11.4 Å². The van der Waals surface area contributed by atoms with Crippen LogP contribution in [0.2, 0.25) is 5.02 Å². The zero-order valence-corrected chi connectivity index (χ0v) is 10.2. The Bertz CT molecular complexity index is 309. The summed E-state index contributed by atoms with van der Waals surface area (Å²) in [5.74, 6) is 0. The van der Waals surface area contributed by atoms with Crippen molar-refractivity contribution in [3.8, 4) is 0 Å². The average molecular weight is 246 g/mol. The van der Waals surface area contributed by atoms with Crippen LogP contribution in [-0.4, -0.2) is 12.7 Å². The van der Waals surface area contributed by atoms with E-state index in [9.17, 15) is 0 Å². The van der Waals surface area contributed by atoms with Gasteiger partial charge >= 0.3 is 0 Å². The lowest BCUT2D eigenvalue weighted by molar-refractivity contribution is 0.00748. The van der Waals surface area contributed by atoms with Gasteiger partial charge in [-0.3, -0.25) is 0 Å². The summed E-state index contributed by atoms with van der Waals surface area (Å²) >= 11 is 7.68. The third kappa shape index (κ3) is 2.94. The summed E-state index contributed by atoms with van der Waals surface area (Å²) in [7, 11) is 0. The SMILES string of the molecule is NC(CC1CCCCO1)c1sccc1Cl. The Labute approximate surface area is 99.4 Å². The third-order valence-electron chi connectivity index (χ3n) is 2.77. The molecule has 15 heavy (non-hydrogen) atoms. The molecule has 1 aromatic rings. The van der Waals surface area contributed by atoms with Crippen molar-refractivity contribution in [2.75, 3.05) is 6.61 Å². The van der Waals surface area contributed by atoms with E-state index in [4.69, 9.17) is 22.1 Å². The molecule has 0 bridgehead atoms. The van der Waals surface area contributed by atoms with Gasteiger partial charge in [-0.15, -0.1) is 11.3 Å². The molecule has 84 valence electrons. The highest BCUT2D eigenvalue weighted by Crippen LogP contribution is 2.31. The van der Waals surface area contributed by atoms with Crippen LogP contribution in [-0.2, 0) is 4.74 Å². The minimum absolute atomic E-state index is 0.0283. The lowest BCUT2D eigenvalue weighted by atomic mass is 10.0. The quantitative estimate of drug-likeness (QED) is 0.886. The van der Waals surface area contributed by atoms with E-state index < -0.39 is 0 Å². The van der Waals surface area contributed by atoms with Gasteiger partial charge in [0.15, 0.2) is 0 Å². The van der Waals surface area contributed by atoms with Crippen LogP contribution in [0.25, 0.3) is 0 Å². The van der Waals surface area contributed by atoms with Crippen molar-refractivity contribution in [3.05, 3.63) is 21.3 Å². The first-order chi connectivity index (χ1) is 7.27. The van der Waals surface area contributed by atoms with Gasteiger partial charge in [-0.05, 0) is 37.1 Å². The first-order valence-electron chi connectivity index (χ1n) is 5.37. The van der Waals surface area contributed by atoms with Crippen molar-refractivity contribution >= 4 is 22.9 Å².